The minimum atomic E-state index is -1.59. The molecule has 0 aromatic carbocycles. The van der Waals surface area contributed by atoms with Crippen molar-refractivity contribution < 1.29 is 63.6 Å². The molecule has 5 amide bonds. The number of rotatable bonds is 23. The molecule has 0 aromatic rings. The van der Waals surface area contributed by atoms with Crippen LogP contribution < -0.4 is 32.3 Å². The topological polar surface area (TPSA) is 321 Å². The van der Waals surface area contributed by atoms with E-state index in [0.717, 1.165) is 0 Å². The number of carboxylic acid groups (broad SMARTS) is 4. The lowest BCUT2D eigenvalue weighted by Gasteiger charge is -2.26. The molecule has 0 saturated heterocycles. The molecule has 0 rings (SSSR count). The highest BCUT2D eigenvalue weighted by atomic mass is 32.1. The Balaban J connectivity index is 5.61. The van der Waals surface area contributed by atoms with Crippen LogP contribution in [0.4, 0.5) is 0 Å². The van der Waals surface area contributed by atoms with Crippen LogP contribution in [0, 0.1) is 0 Å². The second kappa shape index (κ2) is 21.9. The summed E-state index contributed by atoms with van der Waals surface area (Å²) in [6.07, 6.45) is -2.74. The van der Waals surface area contributed by atoms with Crippen molar-refractivity contribution in [3.63, 3.8) is 0 Å². The van der Waals surface area contributed by atoms with Gasteiger partial charge >= 0.3 is 23.9 Å². The molecule has 0 aliphatic carbocycles. The van der Waals surface area contributed by atoms with E-state index in [-0.39, 0.29) is 23.7 Å². The summed E-state index contributed by atoms with van der Waals surface area (Å²) in [7, 11) is 0. The number of carboxylic acids is 4. The molecule has 260 valence electrons. The summed E-state index contributed by atoms with van der Waals surface area (Å²) in [6, 6.07) is -8.72. The summed E-state index contributed by atoms with van der Waals surface area (Å²) >= 11 is 11.9. The fourth-order valence-corrected chi connectivity index (χ4v) is 4.19. The number of nitrogens with two attached hydrogens (primary N) is 1. The van der Waals surface area contributed by atoms with Gasteiger partial charge in [-0.25, -0.2) is 4.79 Å². The highest BCUT2D eigenvalue weighted by Gasteiger charge is 2.32. The zero-order valence-electron chi connectivity index (χ0n) is 24.2. The molecule has 0 bridgehead atoms. The van der Waals surface area contributed by atoms with Crippen LogP contribution in [0.25, 0.3) is 0 Å². The second-order valence-corrected chi connectivity index (χ2v) is 10.7. The molecule has 0 radical (unpaired) electrons. The van der Waals surface area contributed by atoms with Crippen LogP contribution in [-0.2, 0) is 43.2 Å². The standard InChI is InChI=1S/C24H38N6O13S3/c25-10(1-4-16(31)32)19(37)28-13(7-44)21(39)26-11(2-5-17(33)34)20(38)29-15(9-46)23(41)30-14(8-45)22(40)27-12(24(42)43)3-6-18(35)36/h10-15,44-46H,1-9,25H2,(H,26,39)(H,27,40)(H,28,37)(H,29,38)(H,30,41)(H,31,32)(H,33,34)(H,35,36)(H,42,43)/t10-,11-,12-,13-,14-,15-/m0/s1. The summed E-state index contributed by atoms with van der Waals surface area (Å²) in [5.74, 6) is -11.3. The van der Waals surface area contributed by atoms with E-state index in [2.05, 4.69) is 64.5 Å². The first-order valence-electron chi connectivity index (χ1n) is 13.4. The van der Waals surface area contributed by atoms with Crippen molar-refractivity contribution in [2.24, 2.45) is 5.73 Å². The van der Waals surface area contributed by atoms with Crippen LogP contribution in [0.15, 0.2) is 0 Å². The van der Waals surface area contributed by atoms with Crippen molar-refractivity contribution in [3.8, 4) is 0 Å². The van der Waals surface area contributed by atoms with Crippen molar-refractivity contribution in [3.05, 3.63) is 0 Å². The Bertz CT molecular complexity index is 1140. The number of hydrogen-bond acceptors (Lipinski definition) is 13. The summed E-state index contributed by atoms with van der Waals surface area (Å²) < 4.78 is 0. The van der Waals surface area contributed by atoms with E-state index in [1.807, 2.05) is 0 Å². The Labute approximate surface area is 278 Å². The van der Waals surface area contributed by atoms with Crippen molar-refractivity contribution in [1.29, 1.82) is 0 Å². The Morgan fingerprint density at radius 1 is 0.457 bits per heavy atom. The van der Waals surface area contributed by atoms with Gasteiger partial charge in [-0.2, -0.15) is 37.9 Å². The Kier molecular flexibility index (Phi) is 20.1. The van der Waals surface area contributed by atoms with Crippen LogP contribution in [0.1, 0.15) is 38.5 Å². The fourth-order valence-electron chi connectivity index (χ4n) is 3.42. The van der Waals surface area contributed by atoms with E-state index in [0.29, 0.717) is 0 Å². The maximum Gasteiger partial charge on any atom is 0.326 e. The van der Waals surface area contributed by atoms with Gasteiger partial charge in [-0.15, -0.1) is 0 Å². The van der Waals surface area contributed by atoms with Gasteiger partial charge in [0.2, 0.25) is 29.5 Å². The largest absolute Gasteiger partial charge is 0.481 e. The first kappa shape index (κ1) is 42.2. The molecule has 0 aromatic heterocycles. The van der Waals surface area contributed by atoms with Crippen LogP contribution in [0.2, 0.25) is 0 Å². The predicted octanol–water partition coefficient (Wildman–Crippen LogP) is -3.79. The minimum absolute atomic E-state index is 0.237. The van der Waals surface area contributed by atoms with Crippen molar-refractivity contribution >= 4 is 91.3 Å². The average Bonchev–Trinajstić information content (AvgIpc) is 2.98. The van der Waals surface area contributed by atoms with Gasteiger partial charge in [0.1, 0.15) is 30.2 Å². The molecule has 6 atom stereocenters. The van der Waals surface area contributed by atoms with E-state index in [4.69, 9.17) is 21.1 Å². The molecule has 0 spiro atoms. The van der Waals surface area contributed by atoms with Gasteiger partial charge in [0, 0.05) is 36.5 Å². The maximum atomic E-state index is 13.1. The number of carbonyl (C=O) groups excluding carboxylic acids is 5. The lowest BCUT2D eigenvalue weighted by Crippen LogP contribution is -2.60. The van der Waals surface area contributed by atoms with Gasteiger partial charge in [-0.1, -0.05) is 0 Å². The molecule has 11 N–H and O–H groups in total. The zero-order valence-corrected chi connectivity index (χ0v) is 26.9. The summed E-state index contributed by atoms with van der Waals surface area (Å²) in [6.45, 7) is 0. The Morgan fingerprint density at radius 2 is 0.739 bits per heavy atom. The van der Waals surface area contributed by atoms with Gasteiger partial charge in [0.15, 0.2) is 0 Å². The smallest absolute Gasteiger partial charge is 0.326 e. The normalized spacial score (nSPS) is 14.6. The molecule has 46 heavy (non-hydrogen) atoms. The van der Waals surface area contributed by atoms with Gasteiger partial charge in [-0.3, -0.25) is 38.4 Å². The van der Waals surface area contributed by atoms with Gasteiger partial charge in [0.05, 0.1) is 6.04 Å². The van der Waals surface area contributed by atoms with Gasteiger partial charge in [0.25, 0.3) is 0 Å². The van der Waals surface area contributed by atoms with Crippen LogP contribution in [-0.4, -0.2) is 127 Å². The summed E-state index contributed by atoms with van der Waals surface area (Å²) in [4.78, 5) is 108. The molecule has 0 aliphatic heterocycles. The summed E-state index contributed by atoms with van der Waals surface area (Å²) in [5, 5.41) is 47.0. The molecule has 0 aliphatic rings. The third kappa shape index (κ3) is 16.5. The SMILES string of the molecule is N[C@@H](CCC(=O)O)C(=O)N[C@@H](CS)C(=O)N[C@@H](CCC(=O)O)C(=O)N[C@@H](CS)C(=O)N[C@@H](CS)C(=O)N[C@@H](CCC(=O)O)C(=O)O. The van der Waals surface area contributed by atoms with E-state index in [1.165, 1.54) is 0 Å². The minimum Gasteiger partial charge on any atom is -0.481 e. The fraction of sp³-hybridized carbons (Fsp3) is 0.625. The second-order valence-electron chi connectivity index (χ2n) is 9.60. The van der Waals surface area contributed by atoms with Gasteiger partial charge < -0.3 is 52.7 Å². The molecule has 22 heteroatoms. The van der Waals surface area contributed by atoms with E-state index < -0.39 is 122 Å². The predicted molar refractivity (Wildman–Crippen MR) is 167 cm³/mol. The number of amides is 5. The third-order valence-electron chi connectivity index (χ3n) is 5.99. The van der Waals surface area contributed by atoms with Crippen LogP contribution in [0.3, 0.4) is 0 Å². The van der Waals surface area contributed by atoms with Crippen molar-refractivity contribution in [2.75, 3.05) is 17.3 Å². The number of hydrogen-bond donors (Lipinski definition) is 13. The Hall–Kier alpha value is -3.76. The number of nitrogens with one attached hydrogen (secondary N) is 5. The summed E-state index contributed by atoms with van der Waals surface area (Å²) in [5.41, 5.74) is 5.64. The molecular weight excluding hydrogens is 676 g/mol. The molecule has 19 nitrogen and oxygen atoms in total. The van der Waals surface area contributed by atoms with Gasteiger partial charge in [-0.05, 0) is 19.3 Å². The lowest BCUT2D eigenvalue weighted by molar-refractivity contribution is -0.143. The first-order chi connectivity index (χ1) is 21.5. The third-order valence-corrected chi connectivity index (χ3v) is 7.09. The molecule has 0 saturated carbocycles. The molecular formula is C24H38N6O13S3. The highest BCUT2D eigenvalue weighted by molar-refractivity contribution is 7.80. The Morgan fingerprint density at radius 3 is 1.09 bits per heavy atom. The zero-order chi connectivity index (χ0) is 35.6. The lowest BCUT2D eigenvalue weighted by atomic mass is 10.1. The van der Waals surface area contributed by atoms with E-state index in [1.54, 1.807) is 0 Å². The quantitative estimate of drug-likeness (QED) is 0.0452. The maximum absolute atomic E-state index is 13.1. The van der Waals surface area contributed by atoms with E-state index >= 15 is 0 Å². The van der Waals surface area contributed by atoms with Crippen molar-refractivity contribution in [2.45, 2.75) is 74.8 Å². The van der Waals surface area contributed by atoms with Crippen molar-refractivity contribution in [1.82, 2.24) is 26.6 Å². The van der Waals surface area contributed by atoms with Crippen LogP contribution in [0.5, 0.6) is 0 Å². The number of carbonyl (C=O) groups is 9. The number of aliphatic carboxylic acids is 4. The monoisotopic (exact) mass is 714 g/mol. The molecule has 0 fully saturated rings. The number of thiol groups is 3. The van der Waals surface area contributed by atoms with E-state index in [9.17, 15) is 48.3 Å². The highest BCUT2D eigenvalue weighted by Crippen LogP contribution is 2.05. The van der Waals surface area contributed by atoms with Crippen LogP contribution >= 0.6 is 37.9 Å². The molecule has 0 heterocycles. The average molecular weight is 715 g/mol. The first-order valence-corrected chi connectivity index (χ1v) is 15.3. The molecule has 0 unspecified atom stereocenters.